The summed E-state index contributed by atoms with van der Waals surface area (Å²) in [6.07, 6.45) is 1.08. The van der Waals surface area contributed by atoms with Gasteiger partial charge < -0.3 is 11.1 Å². The minimum Gasteiger partial charge on any atom is -0.399 e. The SMILES string of the molecule is CCC(CC#N)NC(=O)C(C)(C)c1ccc(N)cc1. The molecule has 4 heteroatoms. The van der Waals surface area contributed by atoms with E-state index in [0.717, 1.165) is 12.0 Å². The van der Waals surface area contributed by atoms with Crippen LogP contribution in [0.5, 0.6) is 0 Å². The lowest BCUT2D eigenvalue weighted by Gasteiger charge is -2.26. The lowest BCUT2D eigenvalue weighted by molar-refractivity contribution is -0.126. The molecule has 0 saturated heterocycles. The van der Waals surface area contributed by atoms with Gasteiger partial charge in [0.2, 0.25) is 5.91 Å². The van der Waals surface area contributed by atoms with Crippen molar-refractivity contribution in [1.82, 2.24) is 5.32 Å². The summed E-state index contributed by atoms with van der Waals surface area (Å²) in [7, 11) is 0. The van der Waals surface area contributed by atoms with Crippen molar-refractivity contribution in [2.24, 2.45) is 0 Å². The molecule has 0 fully saturated rings. The van der Waals surface area contributed by atoms with Gasteiger partial charge >= 0.3 is 0 Å². The van der Waals surface area contributed by atoms with Gasteiger partial charge in [0.05, 0.1) is 17.9 Å². The van der Waals surface area contributed by atoms with Crippen LogP contribution in [0.25, 0.3) is 0 Å². The van der Waals surface area contributed by atoms with Crippen molar-refractivity contribution in [1.29, 1.82) is 5.26 Å². The number of hydrogen-bond donors (Lipinski definition) is 2. The average Bonchev–Trinajstić information content (AvgIpc) is 2.38. The van der Waals surface area contributed by atoms with Crippen LogP contribution in [0.3, 0.4) is 0 Å². The van der Waals surface area contributed by atoms with Gasteiger partial charge in [-0.3, -0.25) is 4.79 Å². The van der Waals surface area contributed by atoms with Crippen LogP contribution in [0.15, 0.2) is 24.3 Å². The molecule has 0 bridgehead atoms. The Kier molecular flexibility index (Phi) is 4.94. The van der Waals surface area contributed by atoms with E-state index in [9.17, 15) is 4.79 Å². The van der Waals surface area contributed by atoms with E-state index in [0.29, 0.717) is 12.1 Å². The highest BCUT2D eigenvalue weighted by Crippen LogP contribution is 2.24. The second-order valence-corrected chi connectivity index (χ2v) is 5.19. The summed E-state index contributed by atoms with van der Waals surface area (Å²) in [6, 6.07) is 9.30. The lowest BCUT2D eigenvalue weighted by Crippen LogP contribution is -2.44. The Morgan fingerprint density at radius 3 is 2.47 bits per heavy atom. The number of nitrogen functional groups attached to an aromatic ring is 1. The van der Waals surface area contributed by atoms with Crippen molar-refractivity contribution in [3.8, 4) is 6.07 Å². The Labute approximate surface area is 114 Å². The maximum atomic E-state index is 12.3. The molecule has 0 aliphatic heterocycles. The van der Waals surface area contributed by atoms with Gasteiger partial charge in [-0.2, -0.15) is 5.26 Å². The summed E-state index contributed by atoms with van der Waals surface area (Å²) >= 11 is 0. The number of amides is 1. The highest BCUT2D eigenvalue weighted by Gasteiger charge is 2.30. The molecule has 0 aliphatic carbocycles. The molecule has 19 heavy (non-hydrogen) atoms. The number of nitrogens with zero attached hydrogens (tertiary/aromatic N) is 1. The maximum absolute atomic E-state index is 12.3. The first kappa shape index (κ1) is 15.0. The zero-order valence-electron chi connectivity index (χ0n) is 11.7. The number of anilines is 1. The average molecular weight is 259 g/mol. The number of hydrogen-bond acceptors (Lipinski definition) is 3. The fraction of sp³-hybridized carbons (Fsp3) is 0.467. The highest BCUT2D eigenvalue weighted by molar-refractivity contribution is 5.87. The second-order valence-electron chi connectivity index (χ2n) is 5.19. The summed E-state index contributed by atoms with van der Waals surface area (Å²) in [5, 5.41) is 11.6. The largest absolute Gasteiger partial charge is 0.399 e. The Balaban J connectivity index is 2.84. The van der Waals surface area contributed by atoms with Crippen molar-refractivity contribution < 1.29 is 4.79 Å². The smallest absolute Gasteiger partial charge is 0.230 e. The predicted molar refractivity (Wildman–Crippen MR) is 76.3 cm³/mol. The normalized spacial score (nSPS) is 12.5. The Bertz CT molecular complexity index is 471. The number of carbonyl (C=O) groups excluding carboxylic acids is 1. The first-order chi connectivity index (χ1) is 8.91. The molecule has 1 amide bonds. The molecule has 0 saturated carbocycles. The van der Waals surface area contributed by atoms with Crippen LogP contribution in [0.4, 0.5) is 5.69 Å². The zero-order chi connectivity index (χ0) is 14.5. The monoisotopic (exact) mass is 259 g/mol. The van der Waals surface area contributed by atoms with Gasteiger partial charge in [0, 0.05) is 11.7 Å². The van der Waals surface area contributed by atoms with Crippen molar-refractivity contribution >= 4 is 11.6 Å². The van der Waals surface area contributed by atoms with Gasteiger partial charge in [-0.1, -0.05) is 19.1 Å². The third-order valence-electron chi connectivity index (χ3n) is 3.37. The van der Waals surface area contributed by atoms with E-state index in [4.69, 9.17) is 11.0 Å². The zero-order valence-corrected chi connectivity index (χ0v) is 11.7. The standard InChI is InChI=1S/C15H21N3O/c1-4-13(9-10-16)18-14(19)15(2,3)11-5-7-12(17)8-6-11/h5-8,13H,4,9,17H2,1-3H3,(H,18,19). The minimum atomic E-state index is -0.642. The van der Waals surface area contributed by atoms with E-state index in [-0.39, 0.29) is 11.9 Å². The summed E-state index contributed by atoms with van der Waals surface area (Å²) in [4.78, 5) is 12.3. The minimum absolute atomic E-state index is 0.0700. The molecule has 0 aromatic heterocycles. The van der Waals surface area contributed by atoms with Crippen LogP contribution in [0.2, 0.25) is 0 Å². The first-order valence-electron chi connectivity index (χ1n) is 6.45. The number of carbonyl (C=O) groups is 1. The first-order valence-corrected chi connectivity index (χ1v) is 6.45. The van der Waals surface area contributed by atoms with Gasteiger partial charge in [-0.05, 0) is 38.0 Å². The summed E-state index contributed by atoms with van der Waals surface area (Å²) in [5.41, 5.74) is 6.59. The molecule has 1 aromatic rings. The van der Waals surface area contributed by atoms with E-state index in [1.165, 1.54) is 0 Å². The van der Waals surface area contributed by atoms with E-state index >= 15 is 0 Å². The fourth-order valence-electron chi connectivity index (χ4n) is 1.80. The number of nitrogens with two attached hydrogens (primary N) is 1. The molecule has 0 heterocycles. The topological polar surface area (TPSA) is 78.9 Å². The van der Waals surface area contributed by atoms with Crippen LogP contribution in [0.1, 0.15) is 39.2 Å². The molecule has 1 atom stereocenters. The molecular formula is C15H21N3O. The fourth-order valence-corrected chi connectivity index (χ4v) is 1.80. The highest BCUT2D eigenvalue weighted by atomic mass is 16.2. The van der Waals surface area contributed by atoms with E-state index in [1.54, 1.807) is 12.1 Å². The molecule has 0 spiro atoms. The second kappa shape index (κ2) is 6.24. The Morgan fingerprint density at radius 2 is 2.00 bits per heavy atom. The maximum Gasteiger partial charge on any atom is 0.230 e. The summed E-state index contributed by atoms with van der Waals surface area (Å²) in [6.45, 7) is 5.69. The van der Waals surface area contributed by atoms with Crippen molar-refractivity contribution in [3.05, 3.63) is 29.8 Å². The van der Waals surface area contributed by atoms with Gasteiger partial charge in [-0.25, -0.2) is 0 Å². The van der Waals surface area contributed by atoms with Gasteiger partial charge in [-0.15, -0.1) is 0 Å². The van der Waals surface area contributed by atoms with Crippen LogP contribution < -0.4 is 11.1 Å². The van der Waals surface area contributed by atoms with Crippen LogP contribution in [-0.4, -0.2) is 11.9 Å². The number of nitriles is 1. The Morgan fingerprint density at radius 1 is 1.42 bits per heavy atom. The molecule has 102 valence electrons. The van der Waals surface area contributed by atoms with Gasteiger partial charge in [0.1, 0.15) is 0 Å². The number of nitrogens with one attached hydrogen (secondary N) is 1. The van der Waals surface area contributed by atoms with Crippen LogP contribution in [0, 0.1) is 11.3 Å². The Hall–Kier alpha value is -2.02. The number of rotatable bonds is 5. The molecule has 1 unspecified atom stereocenters. The van der Waals surface area contributed by atoms with Crippen molar-refractivity contribution in [3.63, 3.8) is 0 Å². The lowest BCUT2D eigenvalue weighted by atomic mass is 9.83. The molecule has 0 radical (unpaired) electrons. The van der Waals surface area contributed by atoms with Crippen molar-refractivity contribution in [2.75, 3.05) is 5.73 Å². The van der Waals surface area contributed by atoms with Crippen LogP contribution in [-0.2, 0) is 10.2 Å². The van der Waals surface area contributed by atoms with Gasteiger partial charge in [0.25, 0.3) is 0 Å². The quantitative estimate of drug-likeness (QED) is 0.797. The third kappa shape index (κ3) is 3.72. The summed E-state index contributed by atoms with van der Waals surface area (Å²) in [5.74, 6) is -0.0700. The van der Waals surface area contributed by atoms with E-state index in [2.05, 4.69) is 11.4 Å². The molecular weight excluding hydrogens is 238 g/mol. The molecule has 4 nitrogen and oxygen atoms in total. The third-order valence-corrected chi connectivity index (χ3v) is 3.37. The molecule has 1 aromatic carbocycles. The summed E-state index contributed by atoms with van der Waals surface area (Å²) < 4.78 is 0. The van der Waals surface area contributed by atoms with Gasteiger partial charge in [0.15, 0.2) is 0 Å². The molecule has 0 aliphatic rings. The van der Waals surface area contributed by atoms with Crippen molar-refractivity contribution in [2.45, 2.75) is 45.1 Å². The molecule has 1 rings (SSSR count). The van der Waals surface area contributed by atoms with E-state index < -0.39 is 5.41 Å². The predicted octanol–water partition coefficient (Wildman–Crippen LogP) is 2.35. The number of benzene rings is 1. The molecule has 3 N–H and O–H groups in total. The van der Waals surface area contributed by atoms with Crippen LogP contribution >= 0.6 is 0 Å². The van der Waals surface area contributed by atoms with E-state index in [1.807, 2.05) is 32.9 Å².